The van der Waals surface area contributed by atoms with E-state index in [0.29, 0.717) is 27.0 Å². The van der Waals surface area contributed by atoms with Gasteiger partial charge in [0.2, 0.25) is 0 Å². The summed E-state index contributed by atoms with van der Waals surface area (Å²) in [6, 6.07) is 8.97. The first-order valence-electron chi connectivity index (χ1n) is 6.81. The highest BCUT2D eigenvalue weighted by molar-refractivity contribution is 6.36. The SMILES string of the molecule is Cc1cccn2c(/C=C/C(=O)O)c(-c3ccc(Cl)cc3Cl)nc12. The normalized spacial score (nSPS) is 11.4. The minimum Gasteiger partial charge on any atom is -0.478 e. The quantitative estimate of drug-likeness (QED) is 0.698. The first kappa shape index (κ1) is 15.6. The molecule has 6 heteroatoms. The summed E-state index contributed by atoms with van der Waals surface area (Å²) in [6.07, 6.45) is 4.44. The van der Waals surface area contributed by atoms with Crippen LogP contribution in [0.2, 0.25) is 10.0 Å². The van der Waals surface area contributed by atoms with Crippen molar-refractivity contribution in [1.29, 1.82) is 0 Å². The van der Waals surface area contributed by atoms with Gasteiger partial charge in [-0.3, -0.25) is 4.40 Å². The average molecular weight is 347 g/mol. The van der Waals surface area contributed by atoms with Crippen LogP contribution in [0.5, 0.6) is 0 Å². The summed E-state index contributed by atoms with van der Waals surface area (Å²) >= 11 is 12.2. The number of imidazole rings is 1. The van der Waals surface area contributed by atoms with Crippen LogP contribution in [0.1, 0.15) is 11.3 Å². The molecule has 116 valence electrons. The van der Waals surface area contributed by atoms with E-state index >= 15 is 0 Å². The second kappa shape index (κ2) is 6.07. The second-order valence-electron chi connectivity index (χ2n) is 5.03. The van der Waals surface area contributed by atoms with Crippen molar-refractivity contribution in [2.75, 3.05) is 0 Å². The zero-order valence-electron chi connectivity index (χ0n) is 12.1. The van der Waals surface area contributed by atoms with Crippen LogP contribution in [0.3, 0.4) is 0 Å². The molecular weight excluding hydrogens is 335 g/mol. The number of hydrogen-bond acceptors (Lipinski definition) is 2. The molecule has 23 heavy (non-hydrogen) atoms. The van der Waals surface area contributed by atoms with E-state index in [9.17, 15) is 4.79 Å². The minimum atomic E-state index is -1.03. The number of halogens is 2. The molecule has 0 atom stereocenters. The third-order valence-corrected chi connectivity index (χ3v) is 4.00. The molecule has 3 aromatic rings. The summed E-state index contributed by atoms with van der Waals surface area (Å²) in [5.41, 5.74) is 3.69. The van der Waals surface area contributed by atoms with Gasteiger partial charge in [-0.2, -0.15) is 0 Å². The fourth-order valence-corrected chi connectivity index (χ4v) is 2.91. The largest absolute Gasteiger partial charge is 0.478 e. The zero-order valence-corrected chi connectivity index (χ0v) is 13.6. The average Bonchev–Trinajstić information content (AvgIpc) is 2.85. The maximum Gasteiger partial charge on any atom is 0.328 e. The van der Waals surface area contributed by atoms with Gasteiger partial charge in [0, 0.05) is 22.9 Å². The smallest absolute Gasteiger partial charge is 0.328 e. The van der Waals surface area contributed by atoms with Gasteiger partial charge >= 0.3 is 5.97 Å². The van der Waals surface area contributed by atoms with E-state index in [2.05, 4.69) is 4.98 Å². The summed E-state index contributed by atoms with van der Waals surface area (Å²) in [5.74, 6) is -1.03. The molecule has 0 bridgehead atoms. The molecule has 0 aliphatic carbocycles. The molecule has 0 spiro atoms. The second-order valence-corrected chi connectivity index (χ2v) is 5.87. The van der Waals surface area contributed by atoms with E-state index in [1.165, 1.54) is 6.08 Å². The lowest BCUT2D eigenvalue weighted by molar-refractivity contribution is -0.131. The van der Waals surface area contributed by atoms with Crippen LogP contribution in [0.15, 0.2) is 42.6 Å². The Kier molecular flexibility index (Phi) is 4.11. The van der Waals surface area contributed by atoms with Gasteiger partial charge in [-0.1, -0.05) is 29.3 Å². The highest BCUT2D eigenvalue weighted by Gasteiger charge is 2.16. The maximum atomic E-state index is 10.9. The Morgan fingerprint density at radius 1 is 1.30 bits per heavy atom. The molecule has 0 radical (unpaired) electrons. The van der Waals surface area contributed by atoms with Gasteiger partial charge in [-0.25, -0.2) is 9.78 Å². The summed E-state index contributed by atoms with van der Waals surface area (Å²) in [5, 5.41) is 9.92. The number of pyridine rings is 1. The van der Waals surface area contributed by atoms with Crippen molar-refractivity contribution in [3.05, 3.63) is 63.9 Å². The first-order valence-corrected chi connectivity index (χ1v) is 7.57. The van der Waals surface area contributed by atoms with Crippen molar-refractivity contribution < 1.29 is 9.90 Å². The van der Waals surface area contributed by atoms with E-state index in [1.54, 1.807) is 18.2 Å². The summed E-state index contributed by atoms with van der Waals surface area (Å²) < 4.78 is 1.84. The minimum absolute atomic E-state index is 0.462. The van der Waals surface area contributed by atoms with Crippen molar-refractivity contribution in [2.45, 2.75) is 6.92 Å². The highest BCUT2D eigenvalue weighted by atomic mass is 35.5. The Morgan fingerprint density at radius 3 is 2.78 bits per heavy atom. The summed E-state index contributed by atoms with van der Waals surface area (Å²) in [6.45, 7) is 1.94. The van der Waals surface area contributed by atoms with Gasteiger partial charge < -0.3 is 5.11 Å². The van der Waals surface area contributed by atoms with Gasteiger partial charge in [0.15, 0.2) is 0 Å². The van der Waals surface area contributed by atoms with Crippen LogP contribution in [-0.2, 0) is 4.79 Å². The molecular formula is C17H12Cl2N2O2. The van der Waals surface area contributed by atoms with Crippen molar-refractivity contribution in [3.63, 3.8) is 0 Å². The molecule has 1 aromatic carbocycles. The summed E-state index contributed by atoms with van der Waals surface area (Å²) in [4.78, 5) is 15.5. The van der Waals surface area contributed by atoms with E-state index in [-0.39, 0.29) is 0 Å². The van der Waals surface area contributed by atoms with Crippen LogP contribution >= 0.6 is 23.2 Å². The van der Waals surface area contributed by atoms with Crippen molar-refractivity contribution >= 4 is 40.9 Å². The van der Waals surface area contributed by atoms with Crippen molar-refractivity contribution in [3.8, 4) is 11.3 Å². The third-order valence-electron chi connectivity index (χ3n) is 3.45. The number of fused-ring (bicyclic) bond motifs is 1. The number of aromatic nitrogens is 2. The lowest BCUT2D eigenvalue weighted by Crippen LogP contribution is -1.92. The molecule has 0 saturated heterocycles. The lowest BCUT2D eigenvalue weighted by Gasteiger charge is -2.04. The number of hydrogen-bond donors (Lipinski definition) is 1. The van der Waals surface area contributed by atoms with Crippen LogP contribution in [0, 0.1) is 6.92 Å². The molecule has 4 nitrogen and oxygen atoms in total. The molecule has 0 unspecified atom stereocenters. The number of carboxylic acid groups (broad SMARTS) is 1. The predicted molar refractivity (Wildman–Crippen MR) is 92.1 cm³/mol. The van der Waals surface area contributed by atoms with Gasteiger partial charge in [0.05, 0.1) is 16.4 Å². The molecule has 0 fully saturated rings. The van der Waals surface area contributed by atoms with Crippen LogP contribution < -0.4 is 0 Å². The monoisotopic (exact) mass is 346 g/mol. The Hall–Kier alpha value is -2.30. The van der Waals surface area contributed by atoms with Gasteiger partial charge in [-0.15, -0.1) is 0 Å². The van der Waals surface area contributed by atoms with Gasteiger partial charge in [0.25, 0.3) is 0 Å². The Labute approximate surface area is 142 Å². The zero-order chi connectivity index (χ0) is 16.6. The van der Waals surface area contributed by atoms with Crippen molar-refractivity contribution in [2.24, 2.45) is 0 Å². The van der Waals surface area contributed by atoms with Gasteiger partial charge in [-0.05, 0) is 42.8 Å². The maximum absolute atomic E-state index is 10.9. The molecule has 1 N–H and O–H groups in total. The van der Waals surface area contributed by atoms with E-state index in [4.69, 9.17) is 28.3 Å². The molecule has 0 amide bonds. The lowest BCUT2D eigenvalue weighted by atomic mass is 10.1. The number of aliphatic carboxylic acids is 1. The van der Waals surface area contributed by atoms with Crippen molar-refractivity contribution in [1.82, 2.24) is 9.38 Å². The molecule has 0 saturated carbocycles. The summed E-state index contributed by atoms with van der Waals surface area (Å²) in [7, 11) is 0. The molecule has 3 rings (SSSR count). The number of rotatable bonds is 3. The fourth-order valence-electron chi connectivity index (χ4n) is 2.41. The number of carbonyl (C=O) groups is 1. The molecule has 0 aliphatic heterocycles. The fraction of sp³-hybridized carbons (Fsp3) is 0.0588. The van der Waals surface area contributed by atoms with Crippen LogP contribution in [-0.4, -0.2) is 20.5 Å². The molecule has 0 aliphatic rings. The van der Waals surface area contributed by atoms with Gasteiger partial charge in [0.1, 0.15) is 5.65 Å². The topological polar surface area (TPSA) is 54.6 Å². The first-order chi connectivity index (χ1) is 11.0. The Balaban J connectivity index is 2.32. The number of benzene rings is 1. The third kappa shape index (κ3) is 2.96. The highest BCUT2D eigenvalue weighted by Crippen LogP contribution is 2.33. The van der Waals surface area contributed by atoms with E-state index < -0.39 is 5.97 Å². The molecule has 2 heterocycles. The Morgan fingerprint density at radius 2 is 2.09 bits per heavy atom. The van der Waals surface area contributed by atoms with Crippen LogP contribution in [0.4, 0.5) is 0 Å². The molecule has 2 aromatic heterocycles. The van der Waals surface area contributed by atoms with E-state index in [1.807, 2.05) is 29.7 Å². The van der Waals surface area contributed by atoms with E-state index in [0.717, 1.165) is 17.3 Å². The number of nitrogens with zero attached hydrogens (tertiary/aromatic N) is 2. The number of aryl methyl sites for hydroxylation is 1. The standard InChI is InChI=1S/C17H12Cl2N2O2/c1-10-3-2-8-21-14(6-7-15(22)23)16(20-17(10)21)12-5-4-11(18)9-13(12)19/h2-9H,1H3,(H,22,23)/b7-6+. The Bertz CT molecular complexity index is 945. The number of carboxylic acids is 1. The van der Waals surface area contributed by atoms with Crippen LogP contribution in [0.25, 0.3) is 23.0 Å². The predicted octanol–water partition coefficient (Wildman–Crippen LogP) is 4.71.